The number of aromatic amines is 1. The summed E-state index contributed by atoms with van der Waals surface area (Å²) >= 11 is 0. The first-order valence-corrected chi connectivity index (χ1v) is 11.7. The summed E-state index contributed by atoms with van der Waals surface area (Å²) in [7, 11) is 0. The van der Waals surface area contributed by atoms with Crippen LogP contribution < -0.4 is 21.5 Å². The lowest BCUT2D eigenvalue weighted by atomic mass is 10.1. The topological polar surface area (TPSA) is 137 Å². The largest absolute Gasteiger partial charge is 0.403 e. The highest BCUT2D eigenvalue weighted by Crippen LogP contribution is 2.30. The second-order valence-corrected chi connectivity index (χ2v) is 8.48. The molecule has 1 aliphatic heterocycles. The molecule has 10 nitrogen and oxygen atoms in total. The molecule has 4 aromatic rings. The Morgan fingerprint density at radius 1 is 1.05 bits per heavy atom. The molecule has 0 unspecified atom stereocenters. The highest BCUT2D eigenvalue weighted by molar-refractivity contribution is 6.45. The van der Waals surface area contributed by atoms with Crippen molar-refractivity contribution in [3.63, 3.8) is 0 Å². The number of carbonyl (C=O) groups is 2. The first-order chi connectivity index (χ1) is 18.0. The van der Waals surface area contributed by atoms with Crippen LogP contribution in [0.2, 0.25) is 0 Å². The van der Waals surface area contributed by atoms with Crippen molar-refractivity contribution in [1.82, 2.24) is 19.9 Å². The predicted octanol–water partition coefficient (Wildman–Crippen LogP) is 2.41. The van der Waals surface area contributed by atoms with Gasteiger partial charge in [-0.25, -0.2) is 20.2 Å². The summed E-state index contributed by atoms with van der Waals surface area (Å²) in [5.41, 5.74) is 7.53. The Bertz CT molecular complexity index is 1480. The molecule has 11 heteroatoms. The third-order valence-electron chi connectivity index (χ3n) is 6.31. The van der Waals surface area contributed by atoms with Gasteiger partial charge < -0.3 is 20.5 Å². The highest BCUT2D eigenvalue weighted by atomic mass is 19.1. The van der Waals surface area contributed by atoms with Crippen LogP contribution in [0.4, 0.5) is 16.0 Å². The number of H-pyrrole nitrogens is 1. The normalized spacial score (nSPS) is 13.9. The summed E-state index contributed by atoms with van der Waals surface area (Å²) in [4.78, 5) is 41.2. The van der Waals surface area contributed by atoms with Gasteiger partial charge in [-0.2, -0.15) is 0 Å². The summed E-state index contributed by atoms with van der Waals surface area (Å²) < 4.78 is 14.7. The summed E-state index contributed by atoms with van der Waals surface area (Å²) in [6.45, 7) is 1.65. The van der Waals surface area contributed by atoms with E-state index in [1.165, 1.54) is 23.5 Å². The molecule has 0 bridgehead atoms. The second-order valence-electron chi connectivity index (χ2n) is 8.48. The molecule has 0 radical (unpaired) electrons. The van der Waals surface area contributed by atoms with Gasteiger partial charge in [-0.1, -0.05) is 30.3 Å². The van der Waals surface area contributed by atoms with Crippen LogP contribution in [0, 0.1) is 5.82 Å². The Kier molecular flexibility index (Phi) is 6.52. The molecular weight excluding hydrogens is 475 g/mol. The Morgan fingerprint density at radius 3 is 2.54 bits per heavy atom. The molecule has 1 aromatic carbocycles. The average molecular weight is 501 g/mol. The number of fused-ring (bicyclic) bond motifs is 1. The van der Waals surface area contributed by atoms with Gasteiger partial charge in [0.25, 0.3) is 11.7 Å². The minimum absolute atomic E-state index is 0.0520. The molecule has 1 aliphatic rings. The van der Waals surface area contributed by atoms with Crippen LogP contribution in [0.25, 0.3) is 22.0 Å². The lowest BCUT2D eigenvalue weighted by Crippen LogP contribution is -2.51. The maximum Gasteiger partial charge on any atom is 0.295 e. The molecule has 1 saturated heterocycles. The number of carbonyl (C=O) groups excluding carboxylic acids is 2. The molecule has 4 heterocycles. The van der Waals surface area contributed by atoms with E-state index in [1.54, 1.807) is 6.20 Å². The summed E-state index contributed by atoms with van der Waals surface area (Å²) in [6.07, 6.45) is 6.52. The van der Waals surface area contributed by atoms with Crippen molar-refractivity contribution >= 4 is 34.2 Å². The molecule has 0 saturated carbocycles. The van der Waals surface area contributed by atoms with Crippen LogP contribution >= 0.6 is 0 Å². The number of benzene rings is 1. The van der Waals surface area contributed by atoms with E-state index >= 15 is 0 Å². The van der Waals surface area contributed by atoms with Crippen molar-refractivity contribution in [3.8, 4) is 11.1 Å². The van der Waals surface area contributed by atoms with Crippen LogP contribution in [-0.4, -0.2) is 57.7 Å². The van der Waals surface area contributed by atoms with E-state index in [-0.39, 0.29) is 22.3 Å². The van der Waals surface area contributed by atoms with E-state index in [4.69, 9.17) is 11.6 Å². The molecule has 188 valence electrons. The third kappa shape index (κ3) is 4.47. The molecule has 1 amide bonds. The molecule has 0 atom stereocenters. The molecule has 5 rings (SSSR count). The first kappa shape index (κ1) is 23.9. The quantitative estimate of drug-likeness (QED) is 0.159. The number of nitrogens with zero attached hydrogens (tertiary/aromatic N) is 5. The van der Waals surface area contributed by atoms with E-state index in [1.807, 2.05) is 42.5 Å². The zero-order chi connectivity index (χ0) is 25.9. The number of hydrogen-bond donors (Lipinski definition) is 3. The van der Waals surface area contributed by atoms with E-state index in [9.17, 15) is 14.0 Å². The van der Waals surface area contributed by atoms with Gasteiger partial charge in [0.2, 0.25) is 0 Å². The van der Waals surface area contributed by atoms with Crippen LogP contribution in [0.5, 0.6) is 0 Å². The monoisotopic (exact) mass is 500 g/mol. The molecule has 0 aliphatic carbocycles. The first-order valence-electron chi connectivity index (χ1n) is 11.7. The minimum Gasteiger partial charge on any atom is -0.403 e. The number of amides is 1. The number of nitrogens with one attached hydrogen (secondary N) is 1. The van der Waals surface area contributed by atoms with Gasteiger partial charge in [-0.3, -0.25) is 14.6 Å². The van der Waals surface area contributed by atoms with E-state index in [0.29, 0.717) is 26.2 Å². The molecule has 0 spiro atoms. The molecule has 37 heavy (non-hydrogen) atoms. The Balaban J connectivity index is 1.34. The fourth-order valence-electron chi connectivity index (χ4n) is 4.50. The molecular formula is C26H25FN8O2. The number of ketones is 1. The standard InChI is InChI=1S/C26H25FN8O2/c27-20-16-32-25(35(29)10-8-28)22-21(20)19(15-31-22)23(36)26(37)34-13-11-33(12-14-34)24-18(7-4-9-30-24)17-5-2-1-3-6-17/h1-10,15-16,31H,11-14,28-29H2/b10-8-. The Hall–Kier alpha value is -4.77. The van der Waals surface area contributed by atoms with Gasteiger partial charge >= 0.3 is 0 Å². The number of aromatic nitrogens is 3. The van der Waals surface area contributed by atoms with E-state index in [2.05, 4.69) is 19.9 Å². The summed E-state index contributed by atoms with van der Waals surface area (Å²) in [6, 6.07) is 13.9. The van der Waals surface area contributed by atoms with Gasteiger partial charge in [-0.05, 0) is 17.7 Å². The van der Waals surface area contributed by atoms with Crippen molar-refractivity contribution in [1.29, 1.82) is 0 Å². The zero-order valence-corrected chi connectivity index (χ0v) is 19.8. The second kappa shape index (κ2) is 10.1. The number of nitrogens with two attached hydrogens (primary N) is 2. The van der Waals surface area contributed by atoms with Crippen LogP contribution in [-0.2, 0) is 4.79 Å². The van der Waals surface area contributed by atoms with E-state index < -0.39 is 17.5 Å². The summed E-state index contributed by atoms with van der Waals surface area (Å²) in [5, 5.41) is 1.04. The van der Waals surface area contributed by atoms with Crippen LogP contribution in [0.1, 0.15) is 10.4 Å². The maximum absolute atomic E-state index is 14.7. The number of piperazine rings is 1. The smallest absolute Gasteiger partial charge is 0.295 e. The average Bonchev–Trinajstić information content (AvgIpc) is 3.39. The molecule has 1 fully saturated rings. The zero-order valence-electron chi connectivity index (χ0n) is 19.8. The number of rotatable bonds is 6. The minimum atomic E-state index is -0.809. The van der Waals surface area contributed by atoms with Crippen molar-refractivity contribution < 1.29 is 14.0 Å². The number of Topliss-reactive ketones (excluding diaryl/α,β-unsaturated/α-hetero) is 1. The summed E-state index contributed by atoms with van der Waals surface area (Å²) in [5.74, 6) is 4.61. The fourth-order valence-corrected chi connectivity index (χ4v) is 4.50. The van der Waals surface area contributed by atoms with Gasteiger partial charge in [0.1, 0.15) is 5.82 Å². The lowest BCUT2D eigenvalue weighted by molar-refractivity contribution is -0.126. The van der Waals surface area contributed by atoms with Crippen molar-refractivity contribution in [3.05, 3.63) is 84.8 Å². The Morgan fingerprint density at radius 2 is 1.81 bits per heavy atom. The highest BCUT2D eigenvalue weighted by Gasteiger charge is 2.31. The number of hydrogen-bond acceptors (Lipinski definition) is 8. The van der Waals surface area contributed by atoms with Gasteiger partial charge in [0, 0.05) is 56.5 Å². The van der Waals surface area contributed by atoms with Crippen LogP contribution in [0.15, 0.2) is 73.5 Å². The van der Waals surface area contributed by atoms with Gasteiger partial charge in [0.15, 0.2) is 11.6 Å². The fraction of sp³-hybridized carbons (Fsp3) is 0.154. The SMILES string of the molecule is N/C=C\N(N)c1ncc(F)c2c(C(=O)C(=O)N3CCN(c4ncccc4-c4ccccc4)CC3)c[nH]c12. The van der Waals surface area contributed by atoms with Gasteiger partial charge in [-0.15, -0.1) is 0 Å². The van der Waals surface area contributed by atoms with E-state index in [0.717, 1.165) is 28.2 Å². The number of anilines is 2. The number of pyridine rings is 2. The van der Waals surface area contributed by atoms with Crippen molar-refractivity contribution in [2.45, 2.75) is 0 Å². The maximum atomic E-state index is 14.7. The number of halogens is 1. The van der Waals surface area contributed by atoms with Gasteiger partial charge in [0.05, 0.1) is 22.7 Å². The molecule has 5 N–H and O–H groups in total. The Labute approximate surface area is 212 Å². The van der Waals surface area contributed by atoms with Crippen molar-refractivity contribution in [2.75, 3.05) is 36.1 Å². The predicted molar refractivity (Wildman–Crippen MR) is 139 cm³/mol. The lowest BCUT2D eigenvalue weighted by Gasteiger charge is -2.35. The molecule has 3 aromatic heterocycles. The third-order valence-corrected chi connectivity index (χ3v) is 6.31. The van der Waals surface area contributed by atoms with Crippen LogP contribution in [0.3, 0.4) is 0 Å². The van der Waals surface area contributed by atoms with Crippen molar-refractivity contribution in [2.24, 2.45) is 11.6 Å². The number of hydrazine groups is 1.